The molecule has 1 rings (SSSR count). The number of aromatic nitrogens is 1. The number of rotatable bonds is 5. The Hall–Kier alpha value is -1.46. The molecule has 1 heterocycles. The van der Waals surface area contributed by atoms with E-state index in [0.717, 1.165) is 17.7 Å². The summed E-state index contributed by atoms with van der Waals surface area (Å²) in [6.07, 6.45) is 2.34. The van der Waals surface area contributed by atoms with Gasteiger partial charge in [0.15, 0.2) is 0 Å². The zero-order valence-corrected chi connectivity index (χ0v) is 10.5. The summed E-state index contributed by atoms with van der Waals surface area (Å²) in [6, 6.07) is 0. The number of aryl methyl sites for hydroxylation is 1. The Labute approximate surface area is 101 Å². The summed E-state index contributed by atoms with van der Waals surface area (Å²) >= 11 is 0. The van der Waals surface area contributed by atoms with E-state index in [9.17, 15) is 9.90 Å². The molecular formula is C12H19N3O2. The Kier molecular flexibility index (Phi) is 4.60. The van der Waals surface area contributed by atoms with Gasteiger partial charge in [-0.3, -0.25) is 4.98 Å². The van der Waals surface area contributed by atoms with Crippen molar-refractivity contribution >= 4 is 5.97 Å². The highest BCUT2D eigenvalue weighted by molar-refractivity contribution is 5.91. The number of likely N-dealkylation sites (N-methyl/N-ethyl adjacent to an activating group) is 1. The highest BCUT2D eigenvalue weighted by Crippen LogP contribution is 2.18. The van der Waals surface area contributed by atoms with Crippen LogP contribution in [-0.4, -0.2) is 41.6 Å². The number of aromatic carboxylic acids is 1. The second-order valence-corrected chi connectivity index (χ2v) is 4.28. The van der Waals surface area contributed by atoms with Crippen molar-refractivity contribution in [1.82, 2.24) is 9.88 Å². The van der Waals surface area contributed by atoms with Gasteiger partial charge in [-0.2, -0.15) is 0 Å². The summed E-state index contributed by atoms with van der Waals surface area (Å²) in [7, 11) is 3.91. The summed E-state index contributed by atoms with van der Waals surface area (Å²) < 4.78 is 0. The first-order valence-corrected chi connectivity index (χ1v) is 5.52. The lowest BCUT2D eigenvalue weighted by atomic mass is 9.98. The topological polar surface area (TPSA) is 79.5 Å². The van der Waals surface area contributed by atoms with Crippen LogP contribution in [-0.2, 0) is 13.0 Å². The molecule has 0 saturated carbocycles. The molecule has 94 valence electrons. The van der Waals surface area contributed by atoms with E-state index in [1.165, 1.54) is 0 Å². The second-order valence-electron chi connectivity index (χ2n) is 4.28. The van der Waals surface area contributed by atoms with Crippen LogP contribution < -0.4 is 5.73 Å². The fourth-order valence-corrected chi connectivity index (χ4v) is 1.78. The smallest absolute Gasteiger partial charge is 0.337 e. The monoisotopic (exact) mass is 237 g/mol. The maximum atomic E-state index is 11.3. The summed E-state index contributed by atoms with van der Waals surface area (Å²) in [5.41, 5.74) is 8.10. The fourth-order valence-electron chi connectivity index (χ4n) is 1.78. The van der Waals surface area contributed by atoms with Crippen molar-refractivity contribution in [3.05, 3.63) is 28.6 Å². The van der Waals surface area contributed by atoms with Gasteiger partial charge in [0.25, 0.3) is 0 Å². The molecule has 5 heteroatoms. The highest BCUT2D eigenvalue weighted by Gasteiger charge is 2.17. The molecule has 0 aliphatic heterocycles. The van der Waals surface area contributed by atoms with Crippen molar-refractivity contribution in [2.75, 3.05) is 20.6 Å². The number of carboxylic acid groups (broad SMARTS) is 1. The molecule has 0 aliphatic carbocycles. The minimum absolute atomic E-state index is 0.301. The molecule has 1 aromatic rings. The zero-order chi connectivity index (χ0) is 13.0. The van der Waals surface area contributed by atoms with E-state index >= 15 is 0 Å². The number of carboxylic acids is 1. The molecule has 0 aliphatic rings. The average Bonchev–Trinajstić information content (AvgIpc) is 2.25. The first-order valence-electron chi connectivity index (χ1n) is 5.52. The van der Waals surface area contributed by atoms with E-state index in [2.05, 4.69) is 4.98 Å². The van der Waals surface area contributed by atoms with E-state index in [4.69, 9.17) is 5.73 Å². The molecule has 0 fully saturated rings. The van der Waals surface area contributed by atoms with Crippen LogP contribution in [0.5, 0.6) is 0 Å². The number of nitrogens with zero attached hydrogens (tertiary/aromatic N) is 2. The number of hydrogen-bond acceptors (Lipinski definition) is 4. The third-order valence-corrected chi connectivity index (χ3v) is 2.71. The van der Waals surface area contributed by atoms with Crippen molar-refractivity contribution in [2.45, 2.75) is 19.9 Å². The minimum Gasteiger partial charge on any atom is -0.478 e. The number of nitrogens with two attached hydrogens (primary N) is 1. The van der Waals surface area contributed by atoms with E-state index in [0.29, 0.717) is 24.2 Å². The lowest BCUT2D eigenvalue weighted by Gasteiger charge is -2.15. The summed E-state index contributed by atoms with van der Waals surface area (Å²) in [5.74, 6) is -0.931. The van der Waals surface area contributed by atoms with Crippen molar-refractivity contribution in [3.8, 4) is 0 Å². The van der Waals surface area contributed by atoms with Crippen LogP contribution >= 0.6 is 0 Å². The van der Waals surface area contributed by atoms with Crippen LogP contribution in [0.1, 0.15) is 27.2 Å². The molecule has 17 heavy (non-hydrogen) atoms. The Balaban J connectivity index is 3.20. The first kappa shape index (κ1) is 13.6. The normalized spacial score (nSPS) is 10.9. The maximum absolute atomic E-state index is 11.3. The molecule has 5 nitrogen and oxygen atoms in total. The van der Waals surface area contributed by atoms with Gasteiger partial charge in [0.2, 0.25) is 0 Å². The molecule has 0 unspecified atom stereocenters. The molecule has 0 amide bonds. The lowest BCUT2D eigenvalue weighted by Crippen LogP contribution is -2.19. The zero-order valence-electron chi connectivity index (χ0n) is 10.5. The lowest BCUT2D eigenvalue weighted by molar-refractivity contribution is 0.0694. The van der Waals surface area contributed by atoms with Crippen LogP contribution in [0.15, 0.2) is 6.20 Å². The Bertz CT molecular complexity index is 416. The predicted molar refractivity (Wildman–Crippen MR) is 66.1 cm³/mol. The van der Waals surface area contributed by atoms with Crippen molar-refractivity contribution in [1.29, 1.82) is 0 Å². The van der Waals surface area contributed by atoms with Crippen molar-refractivity contribution < 1.29 is 9.90 Å². The van der Waals surface area contributed by atoms with Crippen LogP contribution in [0, 0.1) is 6.92 Å². The third-order valence-electron chi connectivity index (χ3n) is 2.71. The number of carbonyl (C=O) groups is 1. The van der Waals surface area contributed by atoms with Crippen LogP contribution in [0.4, 0.5) is 0 Å². The van der Waals surface area contributed by atoms with Gasteiger partial charge < -0.3 is 15.7 Å². The molecule has 0 aromatic carbocycles. The van der Waals surface area contributed by atoms with Gasteiger partial charge >= 0.3 is 5.97 Å². The summed E-state index contributed by atoms with van der Waals surface area (Å²) in [5, 5.41) is 9.24. The molecule has 3 N–H and O–H groups in total. The fraction of sp³-hybridized carbons (Fsp3) is 0.500. The van der Waals surface area contributed by atoms with E-state index < -0.39 is 5.97 Å². The molecule has 0 bridgehead atoms. The standard InChI is InChI=1S/C12H19N3O2/c1-8-11(12(16)17)10(4-5-15(2)3)9(6-13)7-14-8/h7H,4-6,13H2,1-3H3,(H,16,17). The second kappa shape index (κ2) is 5.75. The van der Waals surface area contributed by atoms with Gasteiger partial charge in [0.05, 0.1) is 11.3 Å². The van der Waals surface area contributed by atoms with E-state index in [1.807, 2.05) is 19.0 Å². The van der Waals surface area contributed by atoms with Crippen LogP contribution in [0.2, 0.25) is 0 Å². The minimum atomic E-state index is -0.931. The highest BCUT2D eigenvalue weighted by atomic mass is 16.4. The van der Waals surface area contributed by atoms with Gasteiger partial charge in [-0.15, -0.1) is 0 Å². The molecule has 0 spiro atoms. The molecule has 0 saturated heterocycles. The molecule has 1 aromatic heterocycles. The number of pyridine rings is 1. The average molecular weight is 237 g/mol. The maximum Gasteiger partial charge on any atom is 0.337 e. The van der Waals surface area contributed by atoms with Crippen molar-refractivity contribution in [3.63, 3.8) is 0 Å². The quantitative estimate of drug-likeness (QED) is 0.786. The number of hydrogen-bond donors (Lipinski definition) is 2. The first-order chi connectivity index (χ1) is 7.97. The SMILES string of the molecule is Cc1ncc(CN)c(CCN(C)C)c1C(=O)O. The van der Waals surface area contributed by atoms with Gasteiger partial charge in [-0.1, -0.05) is 0 Å². The molecule has 0 radical (unpaired) electrons. The molecule has 0 atom stereocenters. The Morgan fingerprint density at radius 1 is 1.53 bits per heavy atom. The van der Waals surface area contributed by atoms with E-state index in [-0.39, 0.29) is 0 Å². The Morgan fingerprint density at radius 3 is 2.65 bits per heavy atom. The molecular weight excluding hydrogens is 218 g/mol. The van der Waals surface area contributed by atoms with Crippen LogP contribution in [0.3, 0.4) is 0 Å². The van der Waals surface area contributed by atoms with E-state index in [1.54, 1.807) is 13.1 Å². The van der Waals surface area contributed by atoms with Crippen LogP contribution in [0.25, 0.3) is 0 Å². The van der Waals surface area contributed by atoms with Gasteiger partial charge in [-0.25, -0.2) is 4.79 Å². The summed E-state index contributed by atoms with van der Waals surface area (Å²) in [4.78, 5) is 17.4. The van der Waals surface area contributed by atoms with Gasteiger partial charge in [-0.05, 0) is 38.6 Å². The third kappa shape index (κ3) is 3.25. The van der Waals surface area contributed by atoms with Crippen molar-refractivity contribution in [2.24, 2.45) is 5.73 Å². The van der Waals surface area contributed by atoms with Gasteiger partial charge in [0.1, 0.15) is 0 Å². The largest absolute Gasteiger partial charge is 0.478 e. The predicted octanol–water partition coefficient (Wildman–Crippen LogP) is 0.651. The van der Waals surface area contributed by atoms with Gasteiger partial charge in [0, 0.05) is 19.3 Å². The summed E-state index contributed by atoms with van der Waals surface area (Å²) in [6.45, 7) is 2.82. The Morgan fingerprint density at radius 2 is 2.18 bits per heavy atom.